The normalized spacial score (nSPS) is 16.9. The number of para-hydroxylation sites is 1. The Morgan fingerprint density at radius 3 is 2.60 bits per heavy atom. The second-order valence-corrected chi connectivity index (χ2v) is 8.91. The maximum Gasteiger partial charge on any atom is 0.261 e. The molecular formula is C23H21N3O3S. The molecule has 3 amide bonds. The molecule has 0 unspecified atom stereocenters. The fraction of sp³-hybridized carbons (Fsp3) is 0.304. The van der Waals surface area contributed by atoms with Gasteiger partial charge in [-0.25, -0.2) is 4.98 Å². The molecule has 0 radical (unpaired) electrons. The van der Waals surface area contributed by atoms with E-state index in [-0.39, 0.29) is 23.8 Å². The maximum absolute atomic E-state index is 12.9. The van der Waals surface area contributed by atoms with Crippen LogP contribution < -0.4 is 5.32 Å². The van der Waals surface area contributed by atoms with Crippen molar-refractivity contribution in [3.05, 3.63) is 64.2 Å². The summed E-state index contributed by atoms with van der Waals surface area (Å²) < 4.78 is 1.08. The van der Waals surface area contributed by atoms with Crippen LogP contribution in [0.15, 0.2) is 42.5 Å². The van der Waals surface area contributed by atoms with E-state index in [0.717, 1.165) is 47.3 Å². The van der Waals surface area contributed by atoms with Crippen LogP contribution in [0, 0.1) is 0 Å². The molecule has 2 aliphatic rings. The molecule has 1 saturated carbocycles. The molecule has 2 aromatic carbocycles. The largest absolute Gasteiger partial charge is 0.346 e. The number of nitrogens with zero attached hydrogens (tertiary/aromatic N) is 2. The van der Waals surface area contributed by atoms with Gasteiger partial charge >= 0.3 is 0 Å². The lowest BCUT2D eigenvalue weighted by Gasteiger charge is -2.29. The predicted molar refractivity (Wildman–Crippen MR) is 115 cm³/mol. The first kappa shape index (κ1) is 18.9. The fourth-order valence-electron chi connectivity index (χ4n) is 4.33. The topological polar surface area (TPSA) is 79.4 Å². The number of carbonyl (C=O) groups excluding carboxylic acids is 3. The van der Waals surface area contributed by atoms with Gasteiger partial charge in [0.25, 0.3) is 17.7 Å². The molecule has 152 valence electrons. The quantitative estimate of drug-likeness (QED) is 0.644. The predicted octanol–water partition coefficient (Wildman–Crippen LogP) is 4.16. The summed E-state index contributed by atoms with van der Waals surface area (Å²) in [5.41, 5.74) is 2.02. The summed E-state index contributed by atoms with van der Waals surface area (Å²) >= 11 is 1.54. The lowest BCUT2D eigenvalue weighted by atomic mass is 9.94. The highest BCUT2D eigenvalue weighted by molar-refractivity contribution is 7.18. The van der Waals surface area contributed by atoms with Crippen molar-refractivity contribution in [1.82, 2.24) is 15.2 Å². The number of carbonyl (C=O) groups is 3. The van der Waals surface area contributed by atoms with Crippen molar-refractivity contribution in [2.75, 3.05) is 0 Å². The van der Waals surface area contributed by atoms with E-state index >= 15 is 0 Å². The van der Waals surface area contributed by atoms with Crippen molar-refractivity contribution < 1.29 is 14.4 Å². The SMILES string of the molecule is O=C(NCc1nc2ccccc2s1)c1ccc2c(c1)C(=O)N(C1CCCCC1)C2=O. The molecule has 7 heteroatoms. The first-order chi connectivity index (χ1) is 14.6. The van der Waals surface area contributed by atoms with E-state index in [0.29, 0.717) is 23.2 Å². The number of aromatic nitrogens is 1. The average Bonchev–Trinajstić information content (AvgIpc) is 3.31. The van der Waals surface area contributed by atoms with Gasteiger partial charge in [0.1, 0.15) is 5.01 Å². The highest BCUT2D eigenvalue weighted by Crippen LogP contribution is 2.31. The number of imide groups is 1. The molecule has 0 atom stereocenters. The monoisotopic (exact) mass is 419 g/mol. The standard InChI is InChI=1S/C23H21N3O3S/c27-21(24-13-20-25-18-8-4-5-9-19(18)30-20)14-10-11-16-17(12-14)23(29)26(22(16)28)15-6-2-1-3-7-15/h4-5,8-12,15H,1-3,6-7,13H2,(H,24,27). The van der Waals surface area contributed by atoms with Crippen LogP contribution in [-0.4, -0.2) is 33.6 Å². The molecular weight excluding hydrogens is 398 g/mol. The zero-order valence-corrected chi connectivity index (χ0v) is 17.2. The molecule has 2 heterocycles. The number of hydrogen-bond acceptors (Lipinski definition) is 5. The Balaban J connectivity index is 1.32. The minimum absolute atomic E-state index is 0.0255. The van der Waals surface area contributed by atoms with Gasteiger partial charge in [0.05, 0.1) is 27.9 Å². The molecule has 0 saturated heterocycles. The summed E-state index contributed by atoms with van der Waals surface area (Å²) in [4.78, 5) is 44.3. The van der Waals surface area contributed by atoms with Gasteiger partial charge in [-0.05, 0) is 43.2 Å². The molecule has 1 aliphatic heterocycles. The van der Waals surface area contributed by atoms with Crippen LogP contribution in [0.3, 0.4) is 0 Å². The Morgan fingerprint density at radius 2 is 1.80 bits per heavy atom. The molecule has 1 aliphatic carbocycles. The molecule has 1 N–H and O–H groups in total. The molecule has 5 rings (SSSR count). The van der Waals surface area contributed by atoms with Gasteiger partial charge in [-0.15, -0.1) is 11.3 Å². The third-order valence-electron chi connectivity index (χ3n) is 5.86. The van der Waals surface area contributed by atoms with E-state index in [2.05, 4.69) is 10.3 Å². The third kappa shape index (κ3) is 3.29. The molecule has 3 aromatic rings. The molecule has 0 bridgehead atoms. The van der Waals surface area contributed by atoms with E-state index in [1.165, 1.54) is 4.90 Å². The van der Waals surface area contributed by atoms with Crippen molar-refractivity contribution in [2.24, 2.45) is 0 Å². The van der Waals surface area contributed by atoms with E-state index in [9.17, 15) is 14.4 Å². The van der Waals surface area contributed by atoms with Gasteiger partial charge in [-0.1, -0.05) is 31.4 Å². The van der Waals surface area contributed by atoms with Gasteiger partial charge in [0.15, 0.2) is 0 Å². The Kier molecular flexibility index (Phi) is 4.83. The van der Waals surface area contributed by atoms with E-state index in [1.54, 1.807) is 29.5 Å². The van der Waals surface area contributed by atoms with E-state index < -0.39 is 0 Å². The number of fused-ring (bicyclic) bond motifs is 2. The summed E-state index contributed by atoms with van der Waals surface area (Å²) in [6.45, 7) is 0.316. The van der Waals surface area contributed by atoms with Crippen molar-refractivity contribution in [2.45, 2.75) is 44.7 Å². The van der Waals surface area contributed by atoms with Crippen LogP contribution in [0.1, 0.15) is 68.2 Å². The highest BCUT2D eigenvalue weighted by atomic mass is 32.1. The number of amides is 3. The van der Waals surface area contributed by atoms with E-state index in [4.69, 9.17) is 0 Å². The van der Waals surface area contributed by atoms with Crippen molar-refractivity contribution in [1.29, 1.82) is 0 Å². The molecule has 30 heavy (non-hydrogen) atoms. The number of hydrogen-bond donors (Lipinski definition) is 1. The van der Waals surface area contributed by atoms with Crippen LogP contribution in [-0.2, 0) is 6.54 Å². The van der Waals surface area contributed by atoms with E-state index in [1.807, 2.05) is 24.3 Å². The van der Waals surface area contributed by atoms with Gasteiger partial charge in [0, 0.05) is 11.6 Å². The fourth-order valence-corrected chi connectivity index (χ4v) is 5.23. The summed E-state index contributed by atoms with van der Waals surface area (Å²) in [6.07, 6.45) is 4.95. The number of benzene rings is 2. The third-order valence-corrected chi connectivity index (χ3v) is 6.89. The average molecular weight is 420 g/mol. The zero-order chi connectivity index (χ0) is 20.7. The summed E-state index contributed by atoms with van der Waals surface area (Å²) in [5.74, 6) is -0.792. The smallest absolute Gasteiger partial charge is 0.261 e. The van der Waals surface area contributed by atoms with Crippen LogP contribution >= 0.6 is 11.3 Å². The molecule has 0 spiro atoms. The van der Waals surface area contributed by atoms with Crippen LogP contribution in [0.5, 0.6) is 0 Å². The Bertz CT molecular complexity index is 1130. The first-order valence-electron chi connectivity index (χ1n) is 10.3. The van der Waals surface area contributed by atoms with Crippen molar-refractivity contribution in [3.8, 4) is 0 Å². The molecule has 1 aromatic heterocycles. The van der Waals surface area contributed by atoms with Crippen LogP contribution in [0.25, 0.3) is 10.2 Å². The van der Waals surface area contributed by atoms with Crippen LogP contribution in [0.4, 0.5) is 0 Å². The lowest BCUT2D eigenvalue weighted by Crippen LogP contribution is -2.40. The van der Waals surface area contributed by atoms with Gasteiger partial charge in [0.2, 0.25) is 0 Å². The van der Waals surface area contributed by atoms with Gasteiger partial charge < -0.3 is 5.32 Å². The Hall–Kier alpha value is -3.06. The lowest BCUT2D eigenvalue weighted by molar-refractivity contribution is 0.0549. The van der Waals surface area contributed by atoms with Gasteiger partial charge in [-0.3, -0.25) is 19.3 Å². The van der Waals surface area contributed by atoms with Crippen molar-refractivity contribution in [3.63, 3.8) is 0 Å². The van der Waals surface area contributed by atoms with Gasteiger partial charge in [-0.2, -0.15) is 0 Å². The first-order valence-corrected chi connectivity index (χ1v) is 11.1. The maximum atomic E-state index is 12.9. The summed E-state index contributed by atoms with van der Waals surface area (Å²) in [7, 11) is 0. The Labute approximate surface area is 177 Å². The minimum atomic E-state index is -0.284. The molecule has 6 nitrogen and oxygen atoms in total. The number of nitrogens with one attached hydrogen (secondary N) is 1. The number of thiazole rings is 1. The number of rotatable bonds is 4. The highest BCUT2D eigenvalue weighted by Gasteiger charge is 2.40. The Morgan fingerprint density at radius 1 is 1.03 bits per heavy atom. The zero-order valence-electron chi connectivity index (χ0n) is 16.4. The van der Waals surface area contributed by atoms with Crippen molar-refractivity contribution >= 4 is 39.3 Å². The molecule has 1 fully saturated rings. The second kappa shape index (κ2) is 7.65. The minimum Gasteiger partial charge on any atom is -0.346 e. The van der Waals surface area contributed by atoms with Crippen LogP contribution in [0.2, 0.25) is 0 Å². The summed E-state index contributed by atoms with van der Waals surface area (Å²) in [6, 6.07) is 12.6. The second-order valence-electron chi connectivity index (χ2n) is 7.79. The summed E-state index contributed by atoms with van der Waals surface area (Å²) in [5, 5.41) is 3.69.